The molecule has 1 aliphatic heterocycles. The molecule has 0 aromatic heterocycles. The van der Waals surface area contributed by atoms with Crippen LogP contribution in [0.1, 0.15) is 27.9 Å². The van der Waals surface area contributed by atoms with Crippen molar-refractivity contribution in [2.75, 3.05) is 24.3 Å². The monoisotopic (exact) mass is 296 g/mol. The maximum Gasteiger partial charge on any atom is 0.258 e. The van der Waals surface area contributed by atoms with Crippen LogP contribution in [0.15, 0.2) is 36.4 Å². The maximum atomic E-state index is 12.9. The summed E-state index contributed by atoms with van der Waals surface area (Å²) < 4.78 is 5.32. The number of nitrogens with two attached hydrogens (primary N) is 1. The van der Waals surface area contributed by atoms with E-state index in [1.54, 1.807) is 13.2 Å². The first-order chi connectivity index (χ1) is 10.6. The topological polar surface area (TPSA) is 55.6 Å². The fourth-order valence-corrected chi connectivity index (χ4v) is 2.97. The van der Waals surface area contributed by atoms with Gasteiger partial charge in [-0.3, -0.25) is 4.79 Å². The molecule has 1 aliphatic rings. The molecule has 4 nitrogen and oxygen atoms in total. The Morgan fingerprint density at radius 2 is 2.09 bits per heavy atom. The van der Waals surface area contributed by atoms with Crippen LogP contribution in [-0.4, -0.2) is 19.6 Å². The molecule has 1 heterocycles. The highest BCUT2D eigenvalue weighted by molar-refractivity contribution is 6.07. The van der Waals surface area contributed by atoms with Gasteiger partial charge in [-0.2, -0.15) is 0 Å². The summed E-state index contributed by atoms with van der Waals surface area (Å²) in [7, 11) is 1.62. The van der Waals surface area contributed by atoms with E-state index in [1.165, 1.54) is 0 Å². The molecule has 0 saturated heterocycles. The number of aryl methyl sites for hydroxylation is 1. The minimum atomic E-state index is -0.00940. The molecule has 0 spiro atoms. The molecule has 0 bridgehead atoms. The molecule has 22 heavy (non-hydrogen) atoms. The number of benzene rings is 2. The average molecular weight is 296 g/mol. The molecule has 0 saturated carbocycles. The molecule has 0 aliphatic carbocycles. The Bertz CT molecular complexity index is 725. The van der Waals surface area contributed by atoms with Crippen LogP contribution in [0.3, 0.4) is 0 Å². The van der Waals surface area contributed by atoms with Crippen LogP contribution < -0.4 is 15.4 Å². The standard InChI is InChI=1S/C18H20N2O2/c1-12-8-9-13(11-17(12)22-2)18(21)20-10-4-5-14-15(19)6-3-7-16(14)20/h3,6-9,11H,4-5,10,19H2,1-2H3. The van der Waals surface area contributed by atoms with Crippen molar-refractivity contribution in [2.45, 2.75) is 19.8 Å². The van der Waals surface area contributed by atoms with Gasteiger partial charge in [0.15, 0.2) is 0 Å². The summed E-state index contributed by atoms with van der Waals surface area (Å²) in [5, 5.41) is 0. The third kappa shape index (κ3) is 2.41. The largest absolute Gasteiger partial charge is 0.496 e. The number of hydrogen-bond donors (Lipinski definition) is 1. The Labute approximate surface area is 130 Å². The average Bonchev–Trinajstić information content (AvgIpc) is 2.54. The Balaban J connectivity index is 1.99. The Morgan fingerprint density at radius 1 is 1.27 bits per heavy atom. The van der Waals surface area contributed by atoms with Gasteiger partial charge in [0.2, 0.25) is 0 Å². The first kappa shape index (κ1) is 14.4. The van der Waals surface area contributed by atoms with Gasteiger partial charge in [0.25, 0.3) is 5.91 Å². The van der Waals surface area contributed by atoms with Gasteiger partial charge >= 0.3 is 0 Å². The number of amides is 1. The lowest BCUT2D eigenvalue weighted by molar-refractivity contribution is 0.0985. The molecule has 3 rings (SSSR count). The number of hydrogen-bond acceptors (Lipinski definition) is 3. The van der Waals surface area contributed by atoms with Gasteiger partial charge in [0.05, 0.1) is 7.11 Å². The van der Waals surface area contributed by atoms with E-state index < -0.39 is 0 Å². The highest BCUT2D eigenvalue weighted by atomic mass is 16.5. The van der Waals surface area contributed by atoms with E-state index in [-0.39, 0.29) is 5.91 Å². The zero-order valence-electron chi connectivity index (χ0n) is 12.9. The lowest BCUT2D eigenvalue weighted by Crippen LogP contribution is -2.35. The van der Waals surface area contributed by atoms with Crippen molar-refractivity contribution in [1.82, 2.24) is 0 Å². The lowest BCUT2D eigenvalue weighted by Gasteiger charge is -2.30. The number of anilines is 2. The number of carbonyl (C=O) groups excluding carboxylic acids is 1. The fraction of sp³-hybridized carbons (Fsp3) is 0.278. The van der Waals surface area contributed by atoms with Crippen molar-refractivity contribution < 1.29 is 9.53 Å². The van der Waals surface area contributed by atoms with Crippen molar-refractivity contribution in [3.63, 3.8) is 0 Å². The second-order valence-electron chi connectivity index (χ2n) is 5.59. The predicted molar refractivity (Wildman–Crippen MR) is 88.6 cm³/mol. The van der Waals surface area contributed by atoms with Crippen LogP contribution >= 0.6 is 0 Å². The second kappa shape index (κ2) is 5.72. The van der Waals surface area contributed by atoms with Gasteiger partial charge in [-0.05, 0) is 55.2 Å². The summed E-state index contributed by atoms with van der Waals surface area (Å²) in [4.78, 5) is 14.7. The van der Waals surface area contributed by atoms with Crippen molar-refractivity contribution in [2.24, 2.45) is 0 Å². The number of nitrogen functional groups attached to an aromatic ring is 1. The van der Waals surface area contributed by atoms with Crippen LogP contribution in [0.4, 0.5) is 11.4 Å². The van der Waals surface area contributed by atoms with Crippen LogP contribution in [0, 0.1) is 6.92 Å². The van der Waals surface area contributed by atoms with Crippen molar-refractivity contribution in [3.05, 3.63) is 53.1 Å². The van der Waals surface area contributed by atoms with Crippen molar-refractivity contribution in [1.29, 1.82) is 0 Å². The Hall–Kier alpha value is -2.49. The third-order valence-corrected chi connectivity index (χ3v) is 4.19. The van der Waals surface area contributed by atoms with E-state index >= 15 is 0 Å². The second-order valence-corrected chi connectivity index (χ2v) is 5.59. The number of carbonyl (C=O) groups is 1. The van der Waals surface area contributed by atoms with Crippen LogP contribution in [0.5, 0.6) is 5.75 Å². The van der Waals surface area contributed by atoms with E-state index in [2.05, 4.69) is 0 Å². The zero-order chi connectivity index (χ0) is 15.7. The highest BCUT2D eigenvalue weighted by Gasteiger charge is 2.25. The normalized spacial score (nSPS) is 13.6. The van der Waals surface area contributed by atoms with Gasteiger partial charge in [-0.15, -0.1) is 0 Å². The summed E-state index contributed by atoms with van der Waals surface area (Å²) >= 11 is 0. The third-order valence-electron chi connectivity index (χ3n) is 4.19. The quantitative estimate of drug-likeness (QED) is 0.866. The van der Waals surface area contributed by atoms with Gasteiger partial charge in [0, 0.05) is 23.5 Å². The maximum absolute atomic E-state index is 12.9. The summed E-state index contributed by atoms with van der Waals surface area (Å²) in [6.45, 7) is 2.68. The summed E-state index contributed by atoms with van der Waals surface area (Å²) in [6.07, 6.45) is 1.85. The van der Waals surface area contributed by atoms with Gasteiger partial charge in [0.1, 0.15) is 5.75 Å². The molecule has 0 unspecified atom stereocenters. The molecule has 2 N–H and O–H groups in total. The SMILES string of the molecule is COc1cc(C(=O)N2CCCc3c(N)cccc32)ccc1C. The molecule has 0 fully saturated rings. The fourth-order valence-electron chi connectivity index (χ4n) is 2.97. The molecule has 1 amide bonds. The molecule has 114 valence electrons. The number of rotatable bonds is 2. The Kier molecular flexibility index (Phi) is 3.75. The zero-order valence-corrected chi connectivity index (χ0v) is 12.9. The Morgan fingerprint density at radius 3 is 2.86 bits per heavy atom. The molecular weight excluding hydrogens is 276 g/mol. The number of methoxy groups -OCH3 is 1. The minimum absolute atomic E-state index is 0.00940. The van der Waals surface area contributed by atoms with E-state index in [0.717, 1.165) is 41.1 Å². The van der Waals surface area contributed by atoms with E-state index in [0.29, 0.717) is 12.1 Å². The molecule has 0 atom stereocenters. The van der Waals surface area contributed by atoms with E-state index in [9.17, 15) is 4.79 Å². The molecule has 2 aromatic carbocycles. The molecule has 2 aromatic rings. The van der Waals surface area contributed by atoms with Crippen LogP contribution in [0.2, 0.25) is 0 Å². The molecule has 0 radical (unpaired) electrons. The van der Waals surface area contributed by atoms with E-state index in [4.69, 9.17) is 10.5 Å². The van der Waals surface area contributed by atoms with Crippen molar-refractivity contribution >= 4 is 17.3 Å². The first-order valence-corrected chi connectivity index (χ1v) is 7.45. The van der Waals surface area contributed by atoms with Crippen LogP contribution in [0.25, 0.3) is 0 Å². The summed E-state index contributed by atoms with van der Waals surface area (Å²) in [5.74, 6) is 0.723. The lowest BCUT2D eigenvalue weighted by atomic mass is 9.99. The van der Waals surface area contributed by atoms with Gasteiger partial charge < -0.3 is 15.4 Å². The highest BCUT2D eigenvalue weighted by Crippen LogP contribution is 2.32. The summed E-state index contributed by atoms with van der Waals surface area (Å²) in [6, 6.07) is 11.3. The van der Waals surface area contributed by atoms with E-state index in [1.807, 2.05) is 42.2 Å². The van der Waals surface area contributed by atoms with Gasteiger partial charge in [-0.25, -0.2) is 0 Å². The number of nitrogens with zero attached hydrogens (tertiary/aromatic N) is 1. The number of fused-ring (bicyclic) bond motifs is 1. The summed E-state index contributed by atoms with van der Waals surface area (Å²) in [5.41, 5.74) is 10.5. The van der Waals surface area contributed by atoms with Gasteiger partial charge in [-0.1, -0.05) is 12.1 Å². The number of ether oxygens (including phenoxy) is 1. The molecule has 4 heteroatoms. The van der Waals surface area contributed by atoms with Crippen molar-refractivity contribution in [3.8, 4) is 5.75 Å². The minimum Gasteiger partial charge on any atom is -0.496 e. The predicted octanol–water partition coefficient (Wildman–Crippen LogP) is 3.18. The van der Waals surface area contributed by atoms with Crippen LogP contribution in [-0.2, 0) is 6.42 Å². The smallest absolute Gasteiger partial charge is 0.258 e. The molecular formula is C18H20N2O2. The first-order valence-electron chi connectivity index (χ1n) is 7.45.